The molecule has 2 aromatic rings. The first-order valence-corrected chi connectivity index (χ1v) is 9.56. The van der Waals surface area contributed by atoms with Crippen LogP contribution in [0.4, 0.5) is 0 Å². The van der Waals surface area contributed by atoms with Crippen molar-refractivity contribution < 1.29 is 9.59 Å². The molecule has 1 unspecified atom stereocenters. The normalized spacial score (nSPS) is 11.9. The van der Waals surface area contributed by atoms with Gasteiger partial charge in [0.25, 0.3) is 0 Å². The van der Waals surface area contributed by atoms with Crippen molar-refractivity contribution >= 4 is 11.8 Å². The maximum absolute atomic E-state index is 13.0. The summed E-state index contributed by atoms with van der Waals surface area (Å²) in [5, 5.41) is 2.91. The number of aryl methyl sites for hydroxylation is 2. The van der Waals surface area contributed by atoms with E-state index in [1.165, 1.54) is 5.56 Å². The smallest absolute Gasteiger partial charge is 0.242 e. The van der Waals surface area contributed by atoms with Crippen LogP contribution in [0.2, 0.25) is 0 Å². The fraction of sp³-hybridized carbons (Fsp3) is 0.391. The van der Waals surface area contributed by atoms with Gasteiger partial charge < -0.3 is 10.2 Å². The van der Waals surface area contributed by atoms with Crippen molar-refractivity contribution in [2.45, 2.75) is 59.2 Å². The molecule has 0 fully saturated rings. The predicted molar refractivity (Wildman–Crippen MR) is 109 cm³/mol. The van der Waals surface area contributed by atoms with E-state index in [1.807, 2.05) is 75.4 Å². The number of hydrogen-bond acceptors (Lipinski definition) is 2. The first-order chi connectivity index (χ1) is 12.9. The van der Waals surface area contributed by atoms with Crippen LogP contribution >= 0.6 is 0 Å². The Morgan fingerprint density at radius 3 is 2.15 bits per heavy atom. The number of hydrogen-bond donors (Lipinski definition) is 1. The van der Waals surface area contributed by atoms with Gasteiger partial charge in [-0.1, -0.05) is 60.2 Å². The van der Waals surface area contributed by atoms with Crippen LogP contribution < -0.4 is 5.32 Å². The average molecular weight is 367 g/mol. The van der Waals surface area contributed by atoms with Gasteiger partial charge in [0.15, 0.2) is 0 Å². The quantitative estimate of drug-likeness (QED) is 0.771. The first-order valence-electron chi connectivity index (χ1n) is 9.56. The second-order valence-corrected chi connectivity index (χ2v) is 7.33. The van der Waals surface area contributed by atoms with E-state index in [-0.39, 0.29) is 17.9 Å². The van der Waals surface area contributed by atoms with E-state index < -0.39 is 6.04 Å². The summed E-state index contributed by atoms with van der Waals surface area (Å²) >= 11 is 0. The van der Waals surface area contributed by atoms with Gasteiger partial charge in [-0.25, -0.2) is 0 Å². The van der Waals surface area contributed by atoms with Gasteiger partial charge in [0.05, 0.1) is 0 Å². The minimum atomic E-state index is -0.517. The van der Waals surface area contributed by atoms with Gasteiger partial charge in [0.2, 0.25) is 11.8 Å². The summed E-state index contributed by atoms with van der Waals surface area (Å²) in [4.78, 5) is 27.2. The Morgan fingerprint density at radius 2 is 1.56 bits per heavy atom. The lowest BCUT2D eigenvalue weighted by Crippen LogP contribution is -2.49. The monoisotopic (exact) mass is 366 g/mol. The van der Waals surface area contributed by atoms with Crippen molar-refractivity contribution in [3.05, 3.63) is 71.3 Å². The van der Waals surface area contributed by atoms with Gasteiger partial charge in [0, 0.05) is 19.0 Å². The second kappa shape index (κ2) is 9.91. The maximum Gasteiger partial charge on any atom is 0.242 e. The fourth-order valence-electron chi connectivity index (χ4n) is 2.92. The van der Waals surface area contributed by atoms with Crippen molar-refractivity contribution in [1.29, 1.82) is 0 Å². The third kappa shape index (κ3) is 6.55. The summed E-state index contributed by atoms with van der Waals surface area (Å²) in [6.45, 7) is 8.11. The predicted octanol–water partition coefficient (Wildman–Crippen LogP) is 3.87. The van der Waals surface area contributed by atoms with Crippen LogP contribution in [-0.2, 0) is 22.6 Å². The SMILES string of the molecule is Cc1ccc(CN(C(=O)CCc2ccccc2)C(C)C(=O)NC(C)C)cc1. The van der Waals surface area contributed by atoms with E-state index in [1.54, 1.807) is 11.8 Å². The lowest BCUT2D eigenvalue weighted by Gasteiger charge is -2.29. The third-order valence-electron chi connectivity index (χ3n) is 4.54. The summed E-state index contributed by atoms with van der Waals surface area (Å²) in [5.74, 6) is -0.129. The molecule has 2 aromatic carbocycles. The van der Waals surface area contributed by atoms with Crippen molar-refractivity contribution in [3.8, 4) is 0 Å². The highest BCUT2D eigenvalue weighted by atomic mass is 16.2. The Labute approximate surface area is 162 Å². The number of benzene rings is 2. The maximum atomic E-state index is 13.0. The van der Waals surface area contributed by atoms with Crippen molar-refractivity contribution in [3.63, 3.8) is 0 Å². The zero-order valence-electron chi connectivity index (χ0n) is 16.7. The third-order valence-corrected chi connectivity index (χ3v) is 4.54. The molecule has 4 nitrogen and oxygen atoms in total. The minimum Gasteiger partial charge on any atom is -0.352 e. The highest BCUT2D eigenvalue weighted by Gasteiger charge is 2.26. The fourth-order valence-corrected chi connectivity index (χ4v) is 2.92. The average Bonchev–Trinajstić information content (AvgIpc) is 2.65. The van der Waals surface area contributed by atoms with E-state index in [0.29, 0.717) is 19.4 Å². The van der Waals surface area contributed by atoms with E-state index in [9.17, 15) is 9.59 Å². The van der Waals surface area contributed by atoms with Crippen LogP contribution in [0, 0.1) is 6.92 Å². The lowest BCUT2D eigenvalue weighted by molar-refractivity contribution is -0.140. The van der Waals surface area contributed by atoms with Crippen LogP contribution in [-0.4, -0.2) is 28.8 Å². The number of nitrogens with one attached hydrogen (secondary N) is 1. The topological polar surface area (TPSA) is 49.4 Å². The van der Waals surface area contributed by atoms with Gasteiger partial charge in [-0.3, -0.25) is 9.59 Å². The van der Waals surface area contributed by atoms with E-state index in [2.05, 4.69) is 5.32 Å². The molecule has 144 valence electrons. The van der Waals surface area contributed by atoms with Gasteiger partial charge in [-0.05, 0) is 45.2 Å². The Hall–Kier alpha value is -2.62. The summed E-state index contributed by atoms with van der Waals surface area (Å²) in [6, 6.07) is 17.6. The largest absolute Gasteiger partial charge is 0.352 e. The van der Waals surface area contributed by atoms with Crippen LogP contribution in [0.3, 0.4) is 0 Å². The molecule has 0 saturated heterocycles. The van der Waals surface area contributed by atoms with Gasteiger partial charge in [-0.2, -0.15) is 0 Å². The van der Waals surface area contributed by atoms with Crippen LogP contribution in [0.1, 0.15) is 43.9 Å². The van der Waals surface area contributed by atoms with Gasteiger partial charge in [-0.15, -0.1) is 0 Å². The van der Waals surface area contributed by atoms with E-state index in [0.717, 1.165) is 11.1 Å². The van der Waals surface area contributed by atoms with Gasteiger partial charge in [0.1, 0.15) is 6.04 Å². The summed E-state index contributed by atoms with van der Waals surface area (Å²) in [7, 11) is 0. The number of carbonyl (C=O) groups is 2. The van der Waals surface area contributed by atoms with E-state index in [4.69, 9.17) is 0 Å². The number of carbonyl (C=O) groups excluding carboxylic acids is 2. The second-order valence-electron chi connectivity index (χ2n) is 7.33. The molecule has 0 aliphatic rings. The Balaban J connectivity index is 2.12. The molecule has 1 atom stereocenters. The van der Waals surface area contributed by atoms with Crippen molar-refractivity contribution in [2.75, 3.05) is 0 Å². The van der Waals surface area contributed by atoms with Crippen LogP contribution in [0.25, 0.3) is 0 Å². The molecule has 0 heterocycles. The molecule has 0 saturated carbocycles. The molecule has 27 heavy (non-hydrogen) atoms. The van der Waals surface area contributed by atoms with Gasteiger partial charge >= 0.3 is 0 Å². The minimum absolute atomic E-state index is 0.00849. The standard InChI is InChI=1S/C23H30N2O2/c1-17(2)24-23(27)19(4)25(16-21-12-10-18(3)11-13-21)22(26)15-14-20-8-6-5-7-9-20/h5-13,17,19H,14-16H2,1-4H3,(H,24,27). The Kier molecular flexibility index (Phi) is 7.59. The Morgan fingerprint density at radius 1 is 0.926 bits per heavy atom. The Bertz CT molecular complexity index is 739. The summed E-state index contributed by atoms with van der Waals surface area (Å²) < 4.78 is 0. The molecule has 0 aromatic heterocycles. The molecule has 0 aliphatic heterocycles. The molecule has 0 spiro atoms. The molecule has 0 aliphatic carbocycles. The van der Waals surface area contributed by atoms with Crippen molar-refractivity contribution in [1.82, 2.24) is 10.2 Å². The molecule has 0 radical (unpaired) electrons. The molecule has 1 N–H and O–H groups in total. The molecular weight excluding hydrogens is 336 g/mol. The molecule has 2 rings (SSSR count). The summed E-state index contributed by atoms with van der Waals surface area (Å²) in [6.07, 6.45) is 1.05. The zero-order valence-corrected chi connectivity index (χ0v) is 16.7. The zero-order chi connectivity index (χ0) is 19.8. The molecule has 0 bridgehead atoms. The lowest BCUT2D eigenvalue weighted by atomic mass is 10.1. The summed E-state index contributed by atoms with van der Waals surface area (Å²) in [5.41, 5.74) is 3.32. The number of amides is 2. The molecule has 2 amide bonds. The van der Waals surface area contributed by atoms with Crippen LogP contribution in [0.5, 0.6) is 0 Å². The molecule has 4 heteroatoms. The molecular formula is C23H30N2O2. The highest BCUT2D eigenvalue weighted by molar-refractivity contribution is 5.87. The van der Waals surface area contributed by atoms with Crippen LogP contribution in [0.15, 0.2) is 54.6 Å². The van der Waals surface area contributed by atoms with Crippen molar-refractivity contribution in [2.24, 2.45) is 0 Å². The number of rotatable bonds is 8. The number of nitrogens with zero attached hydrogens (tertiary/aromatic N) is 1. The van der Waals surface area contributed by atoms with E-state index >= 15 is 0 Å². The first kappa shape index (κ1) is 20.7. The highest BCUT2D eigenvalue weighted by Crippen LogP contribution is 2.14.